The van der Waals surface area contributed by atoms with Crippen molar-refractivity contribution in [3.05, 3.63) is 47.1 Å². The van der Waals surface area contributed by atoms with E-state index in [2.05, 4.69) is 20.4 Å². The van der Waals surface area contributed by atoms with E-state index in [4.69, 9.17) is 4.52 Å². The van der Waals surface area contributed by atoms with Crippen LogP contribution in [0.3, 0.4) is 0 Å². The summed E-state index contributed by atoms with van der Waals surface area (Å²) in [6, 6.07) is 7.70. The molecule has 0 unspecified atom stereocenters. The molecule has 2 N–H and O–H groups in total. The third kappa shape index (κ3) is 2.57. The topological polar surface area (TPSA) is 84.1 Å². The Bertz CT molecular complexity index is 763. The normalized spacial score (nSPS) is 11.0. The quantitative estimate of drug-likeness (QED) is 0.765. The van der Waals surface area contributed by atoms with E-state index < -0.39 is 0 Å². The fraction of sp³-hybridized carbons (Fsp3) is 0.267. The van der Waals surface area contributed by atoms with Crippen molar-refractivity contribution in [1.29, 1.82) is 0 Å². The van der Waals surface area contributed by atoms with Crippen LogP contribution in [0.5, 0.6) is 0 Å². The number of hydrogen-bond acceptors (Lipinski definition) is 6. The molecular formula is C15H16N4O2. The van der Waals surface area contributed by atoms with Gasteiger partial charge in [0.1, 0.15) is 18.2 Å². The first kappa shape index (κ1) is 13.5. The monoisotopic (exact) mass is 284 g/mol. The Morgan fingerprint density at radius 3 is 2.71 bits per heavy atom. The standard InChI is InChI=1S/C15H16N4O2/c1-9-12(10(2)21-19-9)7-16-15-11-5-3-4-6-13(11)17-14(8-20)18-15/h3-6,20H,7-8H2,1-2H3,(H,16,17,18). The molecular weight excluding hydrogens is 268 g/mol. The van der Waals surface area contributed by atoms with Crippen molar-refractivity contribution >= 4 is 16.7 Å². The molecule has 0 saturated heterocycles. The predicted molar refractivity (Wildman–Crippen MR) is 78.8 cm³/mol. The Balaban J connectivity index is 1.96. The lowest BCUT2D eigenvalue weighted by Crippen LogP contribution is -2.06. The molecule has 3 aromatic rings. The Morgan fingerprint density at radius 1 is 1.19 bits per heavy atom. The van der Waals surface area contributed by atoms with Gasteiger partial charge in [0, 0.05) is 17.5 Å². The minimum Gasteiger partial charge on any atom is -0.388 e. The minimum atomic E-state index is -0.190. The molecule has 0 amide bonds. The van der Waals surface area contributed by atoms with E-state index in [-0.39, 0.29) is 6.61 Å². The van der Waals surface area contributed by atoms with Gasteiger partial charge in [-0.2, -0.15) is 0 Å². The van der Waals surface area contributed by atoms with Gasteiger partial charge in [-0.3, -0.25) is 0 Å². The van der Waals surface area contributed by atoms with Crippen molar-refractivity contribution in [2.45, 2.75) is 27.0 Å². The Kier molecular flexibility index (Phi) is 3.53. The third-order valence-corrected chi connectivity index (χ3v) is 3.40. The number of rotatable bonds is 4. The summed E-state index contributed by atoms with van der Waals surface area (Å²) in [5.41, 5.74) is 2.68. The maximum atomic E-state index is 9.28. The molecule has 3 rings (SSSR count). The number of nitrogens with one attached hydrogen (secondary N) is 1. The number of para-hydroxylation sites is 1. The summed E-state index contributed by atoms with van der Waals surface area (Å²) in [4.78, 5) is 8.66. The fourth-order valence-corrected chi connectivity index (χ4v) is 2.26. The van der Waals surface area contributed by atoms with Crippen LogP contribution in [0.1, 0.15) is 22.8 Å². The van der Waals surface area contributed by atoms with E-state index in [9.17, 15) is 5.11 Å². The van der Waals surface area contributed by atoms with Gasteiger partial charge in [0.15, 0.2) is 5.82 Å². The average molecular weight is 284 g/mol. The van der Waals surface area contributed by atoms with Gasteiger partial charge >= 0.3 is 0 Å². The van der Waals surface area contributed by atoms with Crippen LogP contribution in [0.15, 0.2) is 28.8 Å². The summed E-state index contributed by atoms with van der Waals surface area (Å²) in [6.07, 6.45) is 0. The Hall–Kier alpha value is -2.47. The van der Waals surface area contributed by atoms with E-state index in [1.165, 1.54) is 0 Å². The second-order valence-electron chi connectivity index (χ2n) is 4.82. The van der Waals surface area contributed by atoms with Crippen LogP contribution in [-0.4, -0.2) is 20.2 Å². The molecule has 0 saturated carbocycles. The summed E-state index contributed by atoms with van der Waals surface area (Å²) in [7, 11) is 0. The van der Waals surface area contributed by atoms with Gasteiger partial charge in [-0.1, -0.05) is 17.3 Å². The van der Waals surface area contributed by atoms with Crippen molar-refractivity contribution < 1.29 is 9.63 Å². The molecule has 0 aliphatic rings. The molecule has 1 aromatic carbocycles. The first-order valence-electron chi connectivity index (χ1n) is 6.71. The second kappa shape index (κ2) is 5.49. The lowest BCUT2D eigenvalue weighted by Gasteiger charge is -2.10. The average Bonchev–Trinajstić information content (AvgIpc) is 2.83. The van der Waals surface area contributed by atoms with Crippen LogP contribution in [0.4, 0.5) is 5.82 Å². The maximum absolute atomic E-state index is 9.28. The summed E-state index contributed by atoms with van der Waals surface area (Å²) in [6.45, 7) is 4.16. The van der Waals surface area contributed by atoms with E-state index in [1.807, 2.05) is 38.1 Å². The lowest BCUT2D eigenvalue weighted by molar-refractivity contribution is 0.272. The van der Waals surface area contributed by atoms with E-state index in [1.54, 1.807) is 0 Å². The van der Waals surface area contributed by atoms with Crippen LogP contribution in [-0.2, 0) is 13.2 Å². The molecule has 0 radical (unpaired) electrons. The van der Waals surface area contributed by atoms with Crippen LogP contribution in [0, 0.1) is 13.8 Å². The van der Waals surface area contributed by atoms with Gasteiger partial charge in [0.05, 0.1) is 11.2 Å². The largest absolute Gasteiger partial charge is 0.388 e. The summed E-state index contributed by atoms with van der Waals surface area (Å²) >= 11 is 0. The summed E-state index contributed by atoms with van der Waals surface area (Å²) in [5.74, 6) is 1.89. The van der Waals surface area contributed by atoms with Crippen LogP contribution in [0.25, 0.3) is 10.9 Å². The van der Waals surface area contributed by atoms with Gasteiger partial charge in [0.2, 0.25) is 0 Å². The molecule has 0 fully saturated rings. The highest BCUT2D eigenvalue weighted by atomic mass is 16.5. The number of aliphatic hydroxyl groups is 1. The van der Waals surface area contributed by atoms with Crippen molar-refractivity contribution in [3.8, 4) is 0 Å². The van der Waals surface area contributed by atoms with Gasteiger partial charge in [-0.05, 0) is 26.0 Å². The molecule has 0 atom stereocenters. The third-order valence-electron chi connectivity index (χ3n) is 3.40. The van der Waals surface area contributed by atoms with Crippen LogP contribution in [0.2, 0.25) is 0 Å². The van der Waals surface area contributed by atoms with Crippen molar-refractivity contribution in [2.75, 3.05) is 5.32 Å². The molecule has 108 valence electrons. The molecule has 6 nitrogen and oxygen atoms in total. The number of benzene rings is 1. The van der Waals surface area contributed by atoms with E-state index >= 15 is 0 Å². The number of aromatic nitrogens is 3. The molecule has 2 aromatic heterocycles. The molecule has 21 heavy (non-hydrogen) atoms. The van der Waals surface area contributed by atoms with Gasteiger partial charge in [-0.15, -0.1) is 0 Å². The zero-order valence-corrected chi connectivity index (χ0v) is 11.9. The zero-order valence-electron chi connectivity index (χ0n) is 11.9. The van der Waals surface area contributed by atoms with E-state index in [0.29, 0.717) is 18.2 Å². The Labute approximate surface area is 121 Å². The molecule has 0 aliphatic carbocycles. The van der Waals surface area contributed by atoms with Gasteiger partial charge < -0.3 is 14.9 Å². The summed E-state index contributed by atoms with van der Waals surface area (Å²) in [5, 5.41) is 17.4. The van der Waals surface area contributed by atoms with Crippen molar-refractivity contribution in [3.63, 3.8) is 0 Å². The number of aryl methyl sites for hydroxylation is 2. The second-order valence-corrected chi connectivity index (χ2v) is 4.82. The van der Waals surface area contributed by atoms with Gasteiger partial charge in [0.25, 0.3) is 0 Å². The molecule has 0 spiro atoms. The lowest BCUT2D eigenvalue weighted by atomic mass is 10.2. The maximum Gasteiger partial charge on any atom is 0.156 e. The Morgan fingerprint density at radius 2 is 2.00 bits per heavy atom. The minimum absolute atomic E-state index is 0.190. The first-order valence-corrected chi connectivity index (χ1v) is 6.71. The number of anilines is 1. The molecule has 0 aliphatic heterocycles. The highest BCUT2D eigenvalue weighted by Gasteiger charge is 2.11. The predicted octanol–water partition coefficient (Wildman–Crippen LogP) is 2.34. The van der Waals surface area contributed by atoms with Crippen molar-refractivity contribution in [1.82, 2.24) is 15.1 Å². The SMILES string of the molecule is Cc1noc(C)c1CNc1nc(CO)nc2ccccc12. The fourth-order valence-electron chi connectivity index (χ4n) is 2.26. The van der Waals surface area contributed by atoms with Gasteiger partial charge in [-0.25, -0.2) is 9.97 Å². The zero-order chi connectivity index (χ0) is 14.8. The van der Waals surface area contributed by atoms with E-state index in [0.717, 1.165) is 27.9 Å². The van der Waals surface area contributed by atoms with Crippen LogP contribution < -0.4 is 5.32 Å². The number of aliphatic hydroxyl groups excluding tert-OH is 1. The highest BCUT2D eigenvalue weighted by Crippen LogP contribution is 2.22. The highest BCUT2D eigenvalue weighted by molar-refractivity contribution is 5.88. The molecule has 0 bridgehead atoms. The number of hydrogen-bond donors (Lipinski definition) is 2. The molecule has 2 heterocycles. The number of nitrogens with zero attached hydrogens (tertiary/aromatic N) is 3. The molecule has 6 heteroatoms. The van der Waals surface area contributed by atoms with Crippen LogP contribution >= 0.6 is 0 Å². The van der Waals surface area contributed by atoms with Crippen molar-refractivity contribution in [2.24, 2.45) is 0 Å². The smallest absolute Gasteiger partial charge is 0.156 e. The first-order chi connectivity index (χ1) is 10.2. The number of fused-ring (bicyclic) bond motifs is 1. The summed E-state index contributed by atoms with van der Waals surface area (Å²) < 4.78 is 5.15.